The topological polar surface area (TPSA) is 21.7 Å². The Morgan fingerprint density at radius 3 is 0.912 bits per heavy atom. The molecule has 0 aromatic heterocycles. The van der Waals surface area contributed by atoms with Crippen molar-refractivity contribution < 1.29 is 9.47 Å². The molecule has 0 fully saturated rings. The van der Waals surface area contributed by atoms with E-state index in [4.69, 9.17) is 9.47 Å². The second-order valence-electron chi connectivity index (χ2n) is 20.0. The Balaban J connectivity index is 0.987. The Morgan fingerprint density at radius 2 is 0.613 bits per heavy atom. The fourth-order valence-electron chi connectivity index (χ4n) is 9.68. The molecular formula is C77H63NO2. The molecular weight excluding hydrogens is 971 g/mol. The highest BCUT2D eigenvalue weighted by molar-refractivity contribution is 5.84. The van der Waals surface area contributed by atoms with E-state index in [0.717, 1.165) is 28.2 Å². The van der Waals surface area contributed by atoms with Gasteiger partial charge in [-0.25, -0.2) is 0 Å². The van der Waals surface area contributed by atoms with Gasteiger partial charge in [-0.3, -0.25) is 0 Å². The lowest BCUT2D eigenvalue weighted by Gasteiger charge is -2.26. The number of aryl methyl sites for hydroxylation is 7. The van der Waals surface area contributed by atoms with Crippen LogP contribution < -0.4 is 14.4 Å². The van der Waals surface area contributed by atoms with Crippen molar-refractivity contribution in [3.05, 3.63) is 254 Å². The Labute approximate surface area is 474 Å². The van der Waals surface area contributed by atoms with Crippen LogP contribution in [0.2, 0.25) is 0 Å². The first kappa shape index (κ1) is 54.6. The zero-order valence-electron chi connectivity index (χ0n) is 47.0. The average molecular weight is 1030 g/mol. The standard InChI is InChI=1S/C77H63NO2/c1-10-12-14-46-79-73-42-23-62(24-43-73)21-28-68-49-59(8)76(52-56(68)5)65-32-38-71(39-33-65)78(70-36-30-64(31-37-70)75-51-55(4)67(48-58(75)7)27-20-61-18-16-54(3)17-19-61)72-40-34-66(35-41-72)77-53-57(6)69(50-60(77)9)29-22-63-25-44-74(45-26-63)80-47-15-13-11-2/h16-45,48-53H,1-9H3/b27-20+,28-21+,29-22+. The summed E-state index contributed by atoms with van der Waals surface area (Å²) in [4.78, 5) is 2.35. The van der Waals surface area contributed by atoms with Gasteiger partial charge in [0.15, 0.2) is 0 Å². The summed E-state index contributed by atoms with van der Waals surface area (Å²) in [6.45, 7) is 18.8. The quantitative estimate of drug-likeness (QED) is 0.0800. The van der Waals surface area contributed by atoms with E-state index in [-0.39, 0.29) is 0 Å². The van der Waals surface area contributed by atoms with Crippen molar-refractivity contribution >= 4 is 53.5 Å². The Kier molecular flexibility index (Phi) is 17.6. The first-order valence-corrected chi connectivity index (χ1v) is 26.9. The molecule has 3 heteroatoms. The molecule has 0 heterocycles. The molecule has 0 saturated heterocycles. The highest BCUT2D eigenvalue weighted by atomic mass is 16.5. The van der Waals surface area contributed by atoms with Gasteiger partial charge in [-0.05, 0) is 235 Å². The van der Waals surface area contributed by atoms with Gasteiger partial charge in [-0.2, -0.15) is 0 Å². The SMILES string of the molecule is CC#CC#COc1ccc(/C=C/c2cc(C)c(-c3ccc(N(c4ccc(-c5cc(C)c(/C=C/c6ccc(C)cc6)cc5C)cc4)c4ccc(-c5cc(C)c(/C=C/c6ccc(OC#CC#CC)cc6)cc5C)cc4)cc3)cc2C)cc1. The molecule has 0 unspecified atom stereocenters. The molecule has 9 rings (SSSR count). The van der Waals surface area contributed by atoms with Crippen LogP contribution in [0.3, 0.4) is 0 Å². The van der Waals surface area contributed by atoms with Gasteiger partial charge in [0.2, 0.25) is 0 Å². The minimum Gasteiger partial charge on any atom is -0.407 e. The molecule has 388 valence electrons. The van der Waals surface area contributed by atoms with E-state index in [1.165, 1.54) is 94.6 Å². The third-order valence-corrected chi connectivity index (χ3v) is 14.2. The fourth-order valence-corrected chi connectivity index (χ4v) is 9.68. The van der Waals surface area contributed by atoms with Crippen LogP contribution >= 0.6 is 0 Å². The molecule has 0 aliphatic heterocycles. The molecule has 3 nitrogen and oxygen atoms in total. The second-order valence-corrected chi connectivity index (χ2v) is 20.0. The molecule has 80 heavy (non-hydrogen) atoms. The van der Waals surface area contributed by atoms with Crippen LogP contribution in [0, 0.1) is 96.2 Å². The third-order valence-electron chi connectivity index (χ3n) is 14.2. The molecule has 0 spiro atoms. The van der Waals surface area contributed by atoms with Gasteiger partial charge < -0.3 is 14.4 Å². The summed E-state index contributed by atoms with van der Waals surface area (Å²) < 4.78 is 11.0. The molecule has 0 aliphatic carbocycles. The van der Waals surface area contributed by atoms with Crippen molar-refractivity contribution in [1.29, 1.82) is 0 Å². The predicted molar refractivity (Wildman–Crippen MR) is 340 cm³/mol. The predicted octanol–water partition coefficient (Wildman–Crippen LogP) is 19.6. The molecule has 9 aromatic carbocycles. The van der Waals surface area contributed by atoms with Gasteiger partial charge in [0.25, 0.3) is 0 Å². The first-order valence-electron chi connectivity index (χ1n) is 26.9. The number of anilines is 3. The van der Waals surface area contributed by atoms with Crippen molar-refractivity contribution in [2.45, 2.75) is 62.3 Å². The molecule has 0 aliphatic rings. The van der Waals surface area contributed by atoms with Crippen LogP contribution in [-0.4, -0.2) is 0 Å². The van der Waals surface area contributed by atoms with Crippen LogP contribution in [0.25, 0.3) is 69.8 Å². The van der Waals surface area contributed by atoms with Crippen LogP contribution in [0.15, 0.2) is 182 Å². The number of nitrogens with zero attached hydrogens (tertiary/aromatic N) is 1. The van der Waals surface area contributed by atoms with Crippen molar-refractivity contribution in [3.63, 3.8) is 0 Å². The summed E-state index contributed by atoms with van der Waals surface area (Å²) in [5.74, 6) is 17.6. The van der Waals surface area contributed by atoms with E-state index < -0.39 is 0 Å². The highest BCUT2D eigenvalue weighted by Gasteiger charge is 2.16. The van der Waals surface area contributed by atoms with Crippen LogP contribution in [0.5, 0.6) is 11.5 Å². The lowest BCUT2D eigenvalue weighted by atomic mass is 9.93. The summed E-state index contributed by atoms with van der Waals surface area (Å²) in [5, 5.41) is 0. The van der Waals surface area contributed by atoms with Crippen molar-refractivity contribution in [2.24, 2.45) is 0 Å². The zero-order valence-corrected chi connectivity index (χ0v) is 47.0. The summed E-state index contributed by atoms with van der Waals surface area (Å²) in [6, 6.07) is 65.2. The van der Waals surface area contributed by atoms with Gasteiger partial charge in [0, 0.05) is 28.9 Å². The van der Waals surface area contributed by atoms with Gasteiger partial charge in [0.1, 0.15) is 23.7 Å². The summed E-state index contributed by atoms with van der Waals surface area (Å²) >= 11 is 0. The van der Waals surface area contributed by atoms with E-state index in [1.54, 1.807) is 13.8 Å². The summed E-state index contributed by atoms with van der Waals surface area (Å²) in [6.07, 6.45) is 18.3. The number of hydrogen-bond donors (Lipinski definition) is 0. The van der Waals surface area contributed by atoms with Crippen LogP contribution in [0.4, 0.5) is 17.1 Å². The molecule has 0 amide bonds. The monoisotopic (exact) mass is 1030 g/mol. The van der Waals surface area contributed by atoms with Gasteiger partial charge in [-0.1, -0.05) is 175 Å². The Hall–Kier alpha value is -10.2. The zero-order chi connectivity index (χ0) is 56.0. The lowest BCUT2D eigenvalue weighted by molar-refractivity contribution is 0.520. The highest BCUT2D eigenvalue weighted by Crippen LogP contribution is 2.40. The minimum absolute atomic E-state index is 0.684. The fraction of sp³-hybridized carbons (Fsp3) is 0.117. The van der Waals surface area contributed by atoms with Gasteiger partial charge in [-0.15, -0.1) is 0 Å². The molecule has 0 atom stereocenters. The normalized spacial score (nSPS) is 10.8. The maximum Gasteiger partial charge on any atom is 0.140 e. The largest absolute Gasteiger partial charge is 0.407 e. The Bertz CT molecular complexity index is 3860. The van der Waals surface area contributed by atoms with E-state index in [2.05, 4.69) is 271 Å². The first-order chi connectivity index (χ1) is 38.9. The van der Waals surface area contributed by atoms with E-state index in [9.17, 15) is 0 Å². The molecule has 9 aromatic rings. The van der Waals surface area contributed by atoms with E-state index in [0.29, 0.717) is 11.5 Å². The van der Waals surface area contributed by atoms with Gasteiger partial charge >= 0.3 is 0 Å². The molecule has 0 bridgehead atoms. The Morgan fingerprint density at radius 1 is 0.312 bits per heavy atom. The maximum atomic E-state index is 5.48. The van der Waals surface area contributed by atoms with E-state index in [1.807, 2.05) is 48.5 Å². The average Bonchev–Trinajstić information content (AvgIpc) is 3.51. The van der Waals surface area contributed by atoms with Crippen LogP contribution in [-0.2, 0) is 0 Å². The van der Waals surface area contributed by atoms with Crippen molar-refractivity contribution in [2.75, 3.05) is 4.90 Å². The summed E-state index contributed by atoms with van der Waals surface area (Å²) in [7, 11) is 0. The third kappa shape index (κ3) is 13.7. The number of rotatable bonds is 14. The number of ether oxygens (including phenoxy) is 2. The van der Waals surface area contributed by atoms with Crippen LogP contribution in [0.1, 0.15) is 86.2 Å². The number of hydrogen-bond acceptors (Lipinski definition) is 3. The molecule has 0 saturated carbocycles. The van der Waals surface area contributed by atoms with Crippen molar-refractivity contribution in [1.82, 2.24) is 0 Å². The minimum atomic E-state index is 0.684. The van der Waals surface area contributed by atoms with E-state index >= 15 is 0 Å². The maximum absolute atomic E-state index is 5.48. The van der Waals surface area contributed by atoms with Gasteiger partial charge in [0.05, 0.1) is 0 Å². The smallest absolute Gasteiger partial charge is 0.140 e. The lowest BCUT2D eigenvalue weighted by Crippen LogP contribution is -2.10. The molecule has 0 radical (unpaired) electrons. The number of benzene rings is 9. The second kappa shape index (κ2) is 25.8. The van der Waals surface area contributed by atoms with Crippen molar-refractivity contribution in [3.8, 4) is 92.6 Å². The molecule has 0 N–H and O–H groups in total. The summed E-state index contributed by atoms with van der Waals surface area (Å²) in [5.41, 5.74) is 25.9.